The van der Waals surface area contributed by atoms with Crippen molar-refractivity contribution in [1.82, 2.24) is 9.55 Å². The number of halogens is 1. The molecule has 3 aromatic rings. The van der Waals surface area contributed by atoms with E-state index in [2.05, 4.69) is 4.98 Å². The second kappa shape index (κ2) is 7.52. The summed E-state index contributed by atoms with van der Waals surface area (Å²) >= 11 is 0. The summed E-state index contributed by atoms with van der Waals surface area (Å²) in [6.07, 6.45) is 1.67. The number of nitrogen functional groups attached to an aromatic ring is 1. The minimum Gasteiger partial charge on any atom is -0.398 e. The quantitative estimate of drug-likeness (QED) is 0.644. The van der Waals surface area contributed by atoms with Crippen molar-refractivity contribution in [2.24, 2.45) is 0 Å². The maximum absolute atomic E-state index is 13.1. The molecule has 4 rings (SSSR count). The second-order valence-electron chi connectivity index (χ2n) is 6.65. The van der Waals surface area contributed by atoms with Crippen LogP contribution in [0.1, 0.15) is 29.3 Å². The molecule has 0 radical (unpaired) electrons. The van der Waals surface area contributed by atoms with E-state index in [1.54, 1.807) is 30.0 Å². The monoisotopic (exact) mass is 400 g/mol. The lowest BCUT2D eigenvalue weighted by Gasteiger charge is -2.30. The number of hydrogen-bond donors (Lipinski definition) is 2. The van der Waals surface area contributed by atoms with Crippen LogP contribution in [0.4, 0.5) is 11.4 Å². The van der Waals surface area contributed by atoms with Crippen molar-refractivity contribution in [1.29, 1.82) is 0 Å². The molecule has 1 aliphatic heterocycles. The van der Waals surface area contributed by atoms with Crippen molar-refractivity contribution >= 4 is 40.6 Å². The fourth-order valence-electron chi connectivity index (χ4n) is 3.69. The third-order valence-electron chi connectivity index (χ3n) is 5.08. The maximum atomic E-state index is 13.1. The van der Waals surface area contributed by atoms with Gasteiger partial charge in [0.1, 0.15) is 0 Å². The molecule has 2 aromatic carbocycles. The summed E-state index contributed by atoms with van der Waals surface area (Å²) in [4.78, 5) is 42.0. The highest BCUT2D eigenvalue weighted by molar-refractivity contribution is 6.08. The number of fused-ring (bicyclic) bond motifs is 2. The van der Waals surface area contributed by atoms with Crippen LogP contribution in [0, 0.1) is 0 Å². The first-order valence-corrected chi connectivity index (χ1v) is 8.97. The Morgan fingerprint density at radius 3 is 2.75 bits per heavy atom. The van der Waals surface area contributed by atoms with Gasteiger partial charge >= 0.3 is 5.69 Å². The van der Waals surface area contributed by atoms with Gasteiger partial charge in [-0.1, -0.05) is 6.07 Å². The molecule has 0 saturated heterocycles. The number of amides is 1. The van der Waals surface area contributed by atoms with Crippen molar-refractivity contribution in [3.63, 3.8) is 0 Å². The van der Waals surface area contributed by atoms with Crippen LogP contribution in [0.15, 0.2) is 46.0 Å². The predicted octanol–water partition coefficient (Wildman–Crippen LogP) is 2.31. The SMILES string of the molecule is CCn1c(=O)[nH]c2cc(C(=O)N3CCCc4c(N)cccc43)ccc2c1=O.Cl. The number of carbonyl (C=O) groups is 1. The van der Waals surface area contributed by atoms with Gasteiger partial charge in [0.25, 0.3) is 11.5 Å². The van der Waals surface area contributed by atoms with Crippen molar-refractivity contribution in [3.8, 4) is 0 Å². The number of hydrogen-bond acceptors (Lipinski definition) is 4. The van der Waals surface area contributed by atoms with Crippen LogP contribution in [-0.4, -0.2) is 22.0 Å². The molecule has 7 nitrogen and oxygen atoms in total. The number of H-pyrrole nitrogens is 1. The van der Waals surface area contributed by atoms with Crippen LogP contribution in [-0.2, 0) is 13.0 Å². The Morgan fingerprint density at radius 2 is 2.00 bits per heavy atom. The lowest BCUT2D eigenvalue weighted by atomic mass is 9.99. The number of anilines is 2. The molecule has 1 aromatic heterocycles. The number of benzene rings is 2. The molecule has 0 spiro atoms. The van der Waals surface area contributed by atoms with E-state index >= 15 is 0 Å². The highest BCUT2D eigenvalue weighted by Crippen LogP contribution is 2.32. The van der Waals surface area contributed by atoms with Gasteiger partial charge in [-0.25, -0.2) is 4.79 Å². The molecule has 0 bridgehead atoms. The Labute approximate surface area is 167 Å². The Kier molecular flexibility index (Phi) is 5.29. The minimum absolute atomic E-state index is 0. The van der Waals surface area contributed by atoms with E-state index in [0.717, 1.165) is 28.7 Å². The van der Waals surface area contributed by atoms with Gasteiger partial charge in [-0.2, -0.15) is 0 Å². The molecule has 3 N–H and O–H groups in total. The molecular weight excluding hydrogens is 380 g/mol. The van der Waals surface area contributed by atoms with Gasteiger partial charge in [0.15, 0.2) is 0 Å². The Hall–Kier alpha value is -3.06. The summed E-state index contributed by atoms with van der Waals surface area (Å²) in [6, 6.07) is 10.4. The Morgan fingerprint density at radius 1 is 1.21 bits per heavy atom. The molecule has 146 valence electrons. The first-order valence-electron chi connectivity index (χ1n) is 8.97. The second-order valence-corrected chi connectivity index (χ2v) is 6.65. The molecule has 28 heavy (non-hydrogen) atoms. The molecule has 0 unspecified atom stereocenters. The van der Waals surface area contributed by atoms with Crippen molar-refractivity contribution in [3.05, 3.63) is 68.4 Å². The summed E-state index contributed by atoms with van der Waals surface area (Å²) in [5.74, 6) is -0.177. The Bertz CT molecular complexity index is 1180. The number of aromatic nitrogens is 2. The lowest BCUT2D eigenvalue weighted by molar-refractivity contribution is 0.0985. The van der Waals surface area contributed by atoms with E-state index < -0.39 is 5.69 Å². The fraction of sp³-hybridized carbons (Fsp3) is 0.250. The number of nitrogens with two attached hydrogens (primary N) is 1. The zero-order valence-corrected chi connectivity index (χ0v) is 16.2. The normalized spacial score (nSPS) is 13.1. The van der Waals surface area contributed by atoms with Crippen molar-refractivity contribution in [2.45, 2.75) is 26.3 Å². The minimum atomic E-state index is -0.476. The van der Waals surface area contributed by atoms with Crippen LogP contribution in [0.3, 0.4) is 0 Å². The zero-order valence-electron chi connectivity index (χ0n) is 15.4. The van der Waals surface area contributed by atoms with E-state index in [9.17, 15) is 14.4 Å². The summed E-state index contributed by atoms with van der Waals surface area (Å²) < 4.78 is 1.13. The van der Waals surface area contributed by atoms with Gasteiger partial charge in [0.2, 0.25) is 0 Å². The third kappa shape index (κ3) is 3.07. The summed E-state index contributed by atoms with van der Waals surface area (Å²) in [7, 11) is 0. The molecule has 8 heteroatoms. The molecule has 0 atom stereocenters. The molecule has 0 fully saturated rings. The number of carbonyl (C=O) groups excluding carboxylic acids is 1. The van der Waals surface area contributed by atoms with Gasteiger partial charge in [-0.05, 0) is 55.7 Å². The van der Waals surface area contributed by atoms with Crippen LogP contribution < -0.4 is 21.9 Å². The molecular formula is C20H21ClN4O3. The van der Waals surface area contributed by atoms with Gasteiger partial charge in [-0.3, -0.25) is 14.2 Å². The largest absolute Gasteiger partial charge is 0.398 e. The summed E-state index contributed by atoms with van der Waals surface area (Å²) in [5, 5.41) is 0.385. The summed E-state index contributed by atoms with van der Waals surface area (Å²) in [5.41, 5.74) is 8.51. The van der Waals surface area contributed by atoms with E-state index in [4.69, 9.17) is 5.73 Å². The molecule has 0 saturated carbocycles. The van der Waals surface area contributed by atoms with E-state index in [1.807, 2.05) is 18.2 Å². The van der Waals surface area contributed by atoms with Crippen LogP contribution in [0.25, 0.3) is 10.9 Å². The molecule has 1 aliphatic rings. The van der Waals surface area contributed by atoms with Gasteiger partial charge < -0.3 is 15.6 Å². The van der Waals surface area contributed by atoms with Crippen LogP contribution in [0.5, 0.6) is 0 Å². The molecule has 1 amide bonds. The predicted molar refractivity (Wildman–Crippen MR) is 113 cm³/mol. The zero-order chi connectivity index (χ0) is 19.1. The first-order chi connectivity index (χ1) is 13.0. The van der Waals surface area contributed by atoms with Crippen molar-refractivity contribution in [2.75, 3.05) is 17.2 Å². The fourth-order valence-corrected chi connectivity index (χ4v) is 3.69. The van der Waals surface area contributed by atoms with E-state index in [-0.39, 0.29) is 30.4 Å². The van der Waals surface area contributed by atoms with Gasteiger partial charge in [0, 0.05) is 30.0 Å². The maximum Gasteiger partial charge on any atom is 0.328 e. The average Bonchev–Trinajstić information content (AvgIpc) is 2.67. The van der Waals surface area contributed by atoms with Crippen LogP contribution >= 0.6 is 12.4 Å². The highest BCUT2D eigenvalue weighted by Gasteiger charge is 2.25. The van der Waals surface area contributed by atoms with Crippen LogP contribution in [0.2, 0.25) is 0 Å². The van der Waals surface area contributed by atoms with Gasteiger partial charge in [-0.15, -0.1) is 12.4 Å². The van der Waals surface area contributed by atoms with Gasteiger partial charge in [0.05, 0.1) is 10.9 Å². The smallest absolute Gasteiger partial charge is 0.328 e. The number of nitrogens with zero attached hydrogens (tertiary/aromatic N) is 2. The third-order valence-corrected chi connectivity index (χ3v) is 5.08. The summed E-state index contributed by atoms with van der Waals surface area (Å²) in [6.45, 7) is 2.62. The molecule has 2 heterocycles. The number of nitrogens with one attached hydrogen (secondary N) is 1. The Balaban J connectivity index is 0.00000225. The van der Waals surface area contributed by atoms with E-state index in [1.165, 1.54) is 0 Å². The topological polar surface area (TPSA) is 101 Å². The average molecular weight is 401 g/mol. The number of aromatic amines is 1. The number of rotatable bonds is 2. The highest BCUT2D eigenvalue weighted by atomic mass is 35.5. The van der Waals surface area contributed by atoms with E-state index in [0.29, 0.717) is 28.7 Å². The standard InChI is InChI=1S/C20H20N4O3.ClH/c1-2-23-19(26)14-9-8-12(11-16(14)22-20(23)27)18(25)24-10-4-5-13-15(21)6-3-7-17(13)24;/h3,6-9,11H,2,4-5,10,21H2,1H3,(H,22,27);1H. The molecule has 0 aliphatic carbocycles. The lowest BCUT2D eigenvalue weighted by Crippen LogP contribution is -2.36. The van der Waals surface area contributed by atoms with Crippen molar-refractivity contribution < 1.29 is 4.79 Å². The first kappa shape index (κ1) is 19.7.